The Bertz CT molecular complexity index is 722. The molecule has 3 rings (SSSR count). The van der Waals surface area contributed by atoms with E-state index in [1.165, 1.54) is 6.42 Å². The minimum Gasteiger partial charge on any atom is -0.383 e. The smallest absolute Gasteiger partial charge is 0.227 e. The quantitative estimate of drug-likeness (QED) is 0.840. The minimum absolute atomic E-state index is 0.181. The second-order valence-electron chi connectivity index (χ2n) is 6.77. The second kappa shape index (κ2) is 7.83. The van der Waals surface area contributed by atoms with Crippen molar-refractivity contribution in [2.24, 2.45) is 0 Å². The number of likely N-dealkylation sites (tertiary alicyclic amines) is 1. The molecule has 1 unspecified atom stereocenters. The van der Waals surface area contributed by atoms with Gasteiger partial charge in [0.25, 0.3) is 0 Å². The topological polar surface area (TPSA) is 47.4 Å². The van der Waals surface area contributed by atoms with Crippen molar-refractivity contribution < 1.29 is 9.53 Å². The molecule has 0 N–H and O–H groups in total. The average Bonchev–Trinajstić information content (AvgIpc) is 2.91. The first-order valence-corrected chi connectivity index (χ1v) is 9.00. The lowest BCUT2D eigenvalue weighted by atomic mass is 10.0. The van der Waals surface area contributed by atoms with Crippen LogP contribution in [0.25, 0.3) is 5.69 Å². The van der Waals surface area contributed by atoms with Crippen LogP contribution in [-0.2, 0) is 16.0 Å². The molecule has 1 aliphatic heterocycles. The van der Waals surface area contributed by atoms with Crippen molar-refractivity contribution in [2.45, 2.75) is 45.6 Å². The molecule has 5 nitrogen and oxygen atoms in total. The van der Waals surface area contributed by atoms with E-state index in [4.69, 9.17) is 4.74 Å². The van der Waals surface area contributed by atoms with Gasteiger partial charge in [0.15, 0.2) is 0 Å². The van der Waals surface area contributed by atoms with Crippen LogP contribution in [0.15, 0.2) is 30.3 Å². The molecule has 5 heteroatoms. The van der Waals surface area contributed by atoms with Crippen LogP contribution in [0.3, 0.4) is 0 Å². The molecule has 134 valence electrons. The standard InChI is InChI=1S/C20H27N3O2/c1-15-19(16(2)23(21-15)17-9-5-4-6-10-17)13-20(24)22-12-8-7-11-18(22)14-25-3/h4-6,9-10,18H,7-8,11-14H2,1-3H3. The molecular formula is C20H27N3O2. The Labute approximate surface area is 149 Å². The summed E-state index contributed by atoms with van der Waals surface area (Å²) in [5.74, 6) is 0.181. The van der Waals surface area contributed by atoms with Gasteiger partial charge in [-0.05, 0) is 45.2 Å². The van der Waals surface area contributed by atoms with Gasteiger partial charge < -0.3 is 9.64 Å². The third-order valence-electron chi connectivity index (χ3n) is 5.08. The Kier molecular flexibility index (Phi) is 5.53. The molecule has 2 aromatic rings. The van der Waals surface area contributed by atoms with Crippen molar-refractivity contribution in [3.8, 4) is 5.69 Å². The van der Waals surface area contributed by atoms with Crippen LogP contribution in [0.5, 0.6) is 0 Å². The first-order valence-electron chi connectivity index (χ1n) is 9.00. The maximum atomic E-state index is 12.9. The van der Waals surface area contributed by atoms with E-state index in [-0.39, 0.29) is 11.9 Å². The molecule has 0 spiro atoms. The lowest BCUT2D eigenvalue weighted by molar-refractivity contribution is -0.135. The molecule has 1 aromatic heterocycles. The van der Waals surface area contributed by atoms with Crippen molar-refractivity contribution in [1.82, 2.24) is 14.7 Å². The fourth-order valence-electron chi connectivity index (χ4n) is 3.70. The zero-order valence-electron chi connectivity index (χ0n) is 15.4. The highest BCUT2D eigenvalue weighted by Crippen LogP contribution is 2.22. The number of methoxy groups -OCH3 is 1. The minimum atomic E-state index is 0.181. The summed E-state index contributed by atoms with van der Waals surface area (Å²) in [4.78, 5) is 14.9. The number of amides is 1. The van der Waals surface area contributed by atoms with Gasteiger partial charge in [-0.1, -0.05) is 18.2 Å². The van der Waals surface area contributed by atoms with E-state index < -0.39 is 0 Å². The number of hydrogen-bond acceptors (Lipinski definition) is 3. The van der Waals surface area contributed by atoms with Crippen LogP contribution in [0.4, 0.5) is 0 Å². The summed E-state index contributed by atoms with van der Waals surface area (Å²) in [7, 11) is 1.70. The van der Waals surface area contributed by atoms with Gasteiger partial charge in [-0.25, -0.2) is 4.68 Å². The van der Waals surface area contributed by atoms with E-state index >= 15 is 0 Å². The SMILES string of the molecule is COCC1CCCCN1C(=O)Cc1c(C)nn(-c2ccccc2)c1C. The number of nitrogens with zero attached hydrogens (tertiary/aromatic N) is 3. The number of carbonyl (C=O) groups excluding carboxylic acids is 1. The van der Waals surface area contributed by atoms with Gasteiger partial charge in [-0.3, -0.25) is 4.79 Å². The van der Waals surface area contributed by atoms with E-state index in [1.807, 2.05) is 53.8 Å². The Balaban J connectivity index is 1.80. The third kappa shape index (κ3) is 3.76. The monoisotopic (exact) mass is 341 g/mol. The lowest BCUT2D eigenvalue weighted by Gasteiger charge is -2.35. The molecule has 1 aliphatic rings. The number of benzene rings is 1. The first-order chi connectivity index (χ1) is 12.1. The maximum Gasteiger partial charge on any atom is 0.227 e. The summed E-state index contributed by atoms with van der Waals surface area (Å²) in [6, 6.07) is 10.3. The summed E-state index contributed by atoms with van der Waals surface area (Å²) in [6.45, 7) is 5.47. The first kappa shape index (κ1) is 17.7. The highest BCUT2D eigenvalue weighted by atomic mass is 16.5. The van der Waals surface area contributed by atoms with Crippen LogP contribution in [-0.4, -0.2) is 46.9 Å². The zero-order chi connectivity index (χ0) is 17.8. The Morgan fingerprint density at radius 3 is 2.72 bits per heavy atom. The molecular weight excluding hydrogens is 314 g/mol. The van der Waals surface area contributed by atoms with E-state index in [1.54, 1.807) is 7.11 Å². The maximum absolute atomic E-state index is 12.9. The zero-order valence-corrected chi connectivity index (χ0v) is 15.4. The number of para-hydroxylation sites is 1. The lowest BCUT2D eigenvalue weighted by Crippen LogP contribution is -2.46. The summed E-state index contributed by atoms with van der Waals surface area (Å²) in [5.41, 5.74) is 4.03. The highest BCUT2D eigenvalue weighted by Gasteiger charge is 2.28. The van der Waals surface area contributed by atoms with E-state index in [9.17, 15) is 4.79 Å². The third-order valence-corrected chi connectivity index (χ3v) is 5.08. The molecule has 25 heavy (non-hydrogen) atoms. The Hall–Kier alpha value is -2.14. The van der Waals surface area contributed by atoms with Gasteiger partial charge in [0.1, 0.15) is 0 Å². The van der Waals surface area contributed by atoms with Crippen molar-refractivity contribution in [3.05, 3.63) is 47.3 Å². The molecule has 1 amide bonds. The van der Waals surface area contributed by atoms with Crippen molar-refractivity contribution in [2.75, 3.05) is 20.3 Å². The number of hydrogen-bond donors (Lipinski definition) is 0. The molecule has 1 saturated heterocycles. The Morgan fingerprint density at radius 2 is 2.00 bits per heavy atom. The molecule has 1 fully saturated rings. The molecule has 1 atom stereocenters. The predicted molar refractivity (Wildman–Crippen MR) is 98.0 cm³/mol. The second-order valence-corrected chi connectivity index (χ2v) is 6.77. The number of rotatable bonds is 5. The normalized spacial score (nSPS) is 17.7. The van der Waals surface area contributed by atoms with Crippen molar-refractivity contribution in [1.29, 1.82) is 0 Å². The van der Waals surface area contributed by atoms with Gasteiger partial charge in [0, 0.05) is 24.9 Å². The van der Waals surface area contributed by atoms with Crippen LogP contribution < -0.4 is 0 Å². The van der Waals surface area contributed by atoms with E-state index in [0.717, 1.165) is 42.0 Å². The molecule has 1 aromatic carbocycles. The number of ether oxygens (including phenoxy) is 1. The fourth-order valence-corrected chi connectivity index (χ4v) is 3.70. The molecule has 2 heterocycles. The highest BCUT2D eigenvalue weighted by molar-refractivity contribution is 5.79. The number of aromatic nitrogens is 2. The van der Waals surface area contributed by atoms with Gasteiger partial charge in [0.05, 0.1) is 30.5 Å². The van der Waals surface area contributed by atoms with Gasteiger partial charge in [-0.2, -0.15) is 5.10 Å². The summed E-state index contributed by atoms with van der Waals surface area (Å²) in [5, 5.41) is 4.66. The Morgan fingerprint density at radius 1 is 1.24 bits per heavy atom. The van der Waals surface area contributed by atoms with Gasteiger partial charge >= 0.3 is 0 Å². The molecule has 0 aliphatic carbocycles. The summed E-state index contributed by atoms with van der Waals surface area (Å²) in [6.07, 6.45) is 3.68. The van der Waals surface area contributed by atoms with Crippen molar-refractivity contribution in [3.63, 3.8) is 0 Å². The van der Waals surface area contributed by atoms with Crippen LogP contribution in [0, 0.1) is 13.8 Å². The molecule has 0 bridgehead atoms. The molecule has 0 radical (unpaired) electrons. The molecule has 0 saturated carbocycles. The average molecular weight is 341 g/mol. The van der Waals surface area contributed by atoms with Crippen molar-refractivity contribution >= 4 is 5.91 Å². The number of carbonyl (C=O) groups is 1. The van der Waals surface area contributed by atoms with Gasteiger partial charge in [0.2, 0.25) is 5.91 Å². The number of aryl methyl sites for hydroxylation is 1. The van der Waals surface area contributed by atoms with Crippen LogP contribution in [0.1, 0.15) is 36.2 Å². The predicted octanol–water partition coefficient (Wildman–Crippen LogP) is 3.06. The largest absolute Gasteiger partial charge is 0.383 e. The van der Waals surface area contributed by atoms with E-state index in [2.05, 4.69) is 5.10 Å². The van der Waals surface area contributed by atoms with Gasteiger partial charge in [-0.15, -0.1) is 0 Å². The van der Waals surface area contributed by atoms with Crippen LogP contribution >= 0.6 is 0 Å². The summed E-state index contributed by atoms with van der Waals surface area (Å²) < 4.78 is 7.24. The fraction of sp³-hybridized carbons (Fsp3) is 0.500. The van der Waals surface area contributed by atoms with E-state index in [0.29, 0.717) is 13.0 Å². The summed E-state index contributed by atoms with van der Waals surface area (Å²) >= 11 is 0. The number of piperidine rings is 1. The van der Waals surface area contributed by atoms with Crippen LogP contribution in [0.2, 0.25) is 0 Å².